The number of aryl methyl sites for hydroxylation is 1. The highest BCUT2D eigenvalue weighted by Crippen LogP contribution is 2.30. The molecular formula is C26H24N4OS. The number of aromatic nitrogens is 2. The number of para-hydroxylation sites is 2. The van der Waals surface area contributed by atoms with E-state index in [0.717, 1.165) is 52.6 Å². The summed E-state index contributed by atoms with van der Waals surface area (Å²) in [5, 5.41) is 4.82. The molecular weight excluding hydrogens is 416 g/mol. The van der Waals surface area contributed by atoms with Crippen molar-refractivity contribution in [3.63, 3.8) is 0 Å². The summed E-state index contributed by atoms with van der Waals surface area (Å²) in [4.78, 5) is 24.6. The van der Waals surface area contributed by atoms with Gasteiger partial charge in [-0.15, -0.1) is 0 Å². The molecule has 1 amide bonds. The van der Waals surface area contributed by atoms with Crippen LogP contribution in [0.2, 0.25) is 0 Å². The van der Waals surface area contributed by atoms with Gasteiger partial charge >= 0.3 is 0 Å². The maximum Gasteiger partial charge on any atom is 0.234 e. The lowest BCUT2D eigenvalue weighted by molar-refractivity contribution is -0.113. The first-order valence-electron chi connectivity index (χ1n) is 10.7. The monoisotopic (exact) mass is 440 g/mol. The maximum absolute atomic E-state index is 12.6. The lowest BCUT2D eigenvalue weighted by Gasteiger charge is -2.29. The molecule has 0 unspecified atom stereocenters. The Balaban J connectivity index is 1.38. The number of anilines is 2. The van der Waals surface area contributed by atoms with E-state index >= 15 is 0 Å². The van der Waals surface area contributed by atoms with Gasteiger partial charge in [0, 0.05) is 24.2 Å². The minimum atomic E-state index is -0.0413. The number of benzene rings is 3. The second-order valence-electron chi connectivity index (χ2n) is 7.94. The topological polar surface area (TPSA) is 58.1 Å². The van der Waals surface area contributed by atoms with Gasteiger partial charge in [-0.3, -0.25) is 4.79 Å². The van der Waals surface area contributed by atoms with Crippen molar-refractivity contribution in [3.8, 4) is 0 Å². The molecule has 1 aromatic heterocycles. The van der Waals surface area contributed by atoms with Crippen LogP contribution in [0.1, 0.15) is 16.7 Å². The van der Waals surface area contributed by atoms with Crippen molar-refractivity contribution in [1.82, 2.24) is 9.97 Å². The average molecular weight is 441 g/mol. The van der Waals surface area contributed by atoms with Gasteiger partial charge in [-0.2, -0.15) is 0 Å². The summed E-state index contributed by atoms with van der Waals surface area (Å²) in [6.07, 6.45) is 0.980. The zero-order valence-corrected chi connectivity index (χ0v) is 18.7. The number of nitrogens with zero attached hydrogens (tertiary/aromatic N) is 3. The molecule has 0 bridgehead atoms. The second-order valence-corrected chi connectivity index (χ2v) is 8.90. The predicted molar refractivity (Wildman–Crippen MR) is 131 cm³/mol. The van der Waals surface area contributed by atoms with Gasteiger partial charge in [0.15, 0.2) is 0 Å². The molecule has 6 heteroatoms. The first-order chi connectivity index (χ1) is 15.7. The molecule has 5 nitrogen and oxygen atoms in total. The number of hydrogen-bond acceptors (Lipinski definition) is 5. The predicted octanol–water partition coefficient (Wildman–Crippen LogP) is 5.23. The fourth-order valence-corrected chi connectivity index (χ4v) is 4.80. The van der Waals surface area contributed by atoms with Crippen molar-refractivity contribution in [2.24, 2.45) is 0 Å². The van der Waals surface area contributed by atoms with Crippen LogP contribution in [0, 0.1) is 6.92 Å². The summed E-state index contributed by atoms with van der Waals surface area (Å²) < 4.78 is 0. The van der Waals surface area contributed by atoms with Crippen molar-refractivity contribution in [1.29, 1.82) is 0 Å². The molecule has 0 fully saturated rings. The van der Waals surface area contributed by atoms with Crippen LogP contribution >= 0.6 is 11.8 Å². The van der Waals surface area contributed by atoms with Gasteiger partial charge in [0.25, 0.3) is 0 Å². The van der Waals surface area contributed by atoms with Gasteiger partial charge in [-0.05, 0) is 42.2 Å². The van der Waals surface area contributed by atoms with Crippen molar-refractivity contribution in [3.05, 3.63) is 89.5 Å². The number of fused-ring (bicyclic) bond motifs is 2. The summed E-state index contributed by atoms with van der Waals surface area (Å²) in [6, 6.07) is 24.4. The molecule has 0 radical (unpaired) electrons. The molecule has 0 saturated carbocycles. The normalized spacial score (nSPS) is 13.1. The van der Waals surface area contributed by atoms with Crippen LogP contribution in [0.5, 0.6) is 0 Å². The van der Waals surface area contributed by atoms with E-state index in [-0.39, 0.29) is 11.7 Å². The Morgan fingerprint density at radius 1 is 0.969 bits per heavy atom. The van der Waals surface area contributed by atoms with Crippen molar-refractivity contribution >= 4 is 40.2 Å². The summed E-state index contributed by atoms with van der Waals surface area (Å²) in [5.41, 5.74) is 5.51. The molecule has 1 aliphatic rings. The lowest BCUT2D eigenvalue weighted by Crippen LogP contribution is -2.31. The highest BCUT2D eigenvalue weighted by molar-refractivity contribution is 8.00. The number of rotatable bonds is 5. The van der Waals surface area contributed by atoms with Gasteiger partial charge in [0.1, 0.15) is 5.03 Å². The van der Waals surface area contributed by atoms with Gasteiger partial charge in [0.2, 0.25) is 11.9 Å². The van der Waals surface area contributed by atoms with E-state index < -0.39 is 0 Å². The van der Waals surface area contributed by atoms with Crippen molar-refractivity contribution in [2.75, 3.05) is 22.5 Å². The number of thioether (sulfide) groups is 1. The quantitative estimate of drug-likeness (QED) is 0.340. The molecule has 0 spiro atoms. The average Bonchev–Trinajstić information content (AvgIpc) is 2.83. The first kappa shape index (κ1) is 20.5. The van der Waals surface area contributed by atoms with Crippen LogP contribution in [-0.4, -0.2) is 28.2 Å². The fraction of sp³-hybridized carbons (Fsp3) is 0.192. The Kier molecular flexibility index (Phi) is 5.77. The molecule has 2 heterocycles. The fourth-order valence-electron chi connectivity index (χ4n) is 3.99. The summed E-state index contributed by atoms with van der Waals surface area (Å²) in [7, 11) is 0. The lowest BCUT2D eigenvalue weighted by atomic mass is 10.0. The van der Waals surface area contributed by atoms with Gasteiger partial charge in [0.05, 0.1) is 11.3 Å². The molecule has 5 rings (SSSR count). The summed E-state index contributed by atoms with van der Waals surface area (Å²) >= 11 is 1.46. The van der Waals surface area contributed by atoms with E-state index in [0.29, 0.717) is 0 Å². The number of amides is 1. The number of hydrogen-bond donors (Lipinski definition) is 1. The van der Waals surface area contributed by atoms with E-state index in [1.807, 2.05) is 55.5 Å². The Morgan fingerprint density at radius 3 is 2.59 bits per heavy atom. The molecule has 1 N–H and O–H groups in total. The van der Waals surface area contributed by atoms with E-state index in [2.05, 4.69) is 34.5 Å². The van der Waals surface area contributed by atoms with Crippen LogP contribution in [0.4, 0.5) is 11.6 Å². The van der Waals surface area contributed by atoms with Crippen LogP contribution in [0.25, 0.3) is 10.9 Å². The number of carbonyl (C=O) groups is 1. The Bertz CT molecular complexity index is 1290. The first-order valence-corrected chi connectivity index (χ1v) is 11.7. The molecule has 1 aliphatic heterocycles. The zero-order valence-electron chi connectivity index (χ0n) is 17.9. The summed E-state index contributed by atoms with van der Waals surface area (Å²) in [6.45, 7) is 3.67. The smallest absolute Gasteiger partial charge is 0.234 e. The van der Waals surface area contributed by atoms with Crippen LogP contribution < -0.4 is 10.2 Å². The van der Waals surface area contributed by atoms with Gasteiger partial charge < -0.3 is 10.2 Å². The molecule has 0 atom stereocenters. The third-order valence-corrected chi connectivity index (χ3v) is 6.72. The van der Waals surface area contributed by atoms with Gasteiger partial charge in [-0.1, -0.05) is 72.4 Å². The van der Waals surface area contributed by atoms with E-state index in [9.17, 15) is 4.79 Å². The van der Waals surface area contributed by atoms with E-state index in [4.69, 9.17) is 9.97 Å². The largest absolute Gasteiger partial charge is 0.336 e. The van der Waals surface area contributed by atoms with E-state index in [1.165, 1.54) is 22.9 Å². The third-order valence-electron chi connectivity index (χ3n) is 5.73. The van der Waals surface area contributed by atoms with Crippen LogP contribution in [0.15, 0.2) is 77.8 Å². The minimum absolute atomic E-state index is 0.0413. The standard InChI is InChI=1S/C26H24N4OS/c1-18-8-2-6-12-22(18)27-24(31)17-32-25-21-11-5-7-13-23(21)28-26(29-25)30-15-14-19-9-3-4-10-20(19)16-30/h2-13H,14-17H2,1H3,(H,27,31). The van der Waals surface area contributed by atoms with Gasteiger partial charge in [-0.25, -0.2) is 9.97 Å². The maximum atomic E-state index is 12.6. The molecule has 0 aliphatic carbocycles. The van der Waals surface area contributed by atoms with Crippen molar-refractivity contribution < 1.29 is 4.79 Å². The van der Waals surface area contributed by atoms with E-state index in [1.54, 1.807) is 0 Å². The number of carbonyl (C=O) groups excluding carboxylic acids is 1. The molecule has 160 valence electrons. The molecule has 3 aromatic carbocycles. The zero-order chi connectivity index (χ0) is 21.9. The number of nitrogens with one attached hydrogen (secondary N) is 1. The van der Waals surface area contributed by atoms with Crippen LogP contribution in [0.3, 0.4) is 0 Å². The SMILES string of the molecule is Cc1ccccc1NC(=O)CSc1nc(N2CCc3ccccc3C2)nc2ccccc12. The highest BCUT2D eigenvalue weighted by atomic mass is 32.2. The molecule has 4 aromatic rings. The minimum Gasteiger partial charge on any atom is -0.336 e. The highest BCUT2D eigenvalue weighted by Gasteiger charge is 2.20. The Labute approximate surface area is 191 Å². The Hall–Kier alpha value is -3.38. The Morgan fingerprint density at radius 2 is 1.72 bits per heavy atom. The molecule has 32 heavy (non-hydrogen) atoms. The van der Waals surface area contributed by atoms with Crippen LogP contribution in [-0.2, 0) is 17.8 Å². The second kappa shape index (κ2) is 9.01. The third kappa shape index (κ3) is 4.32. The summed E-state index contributed by atoms with van der Waals surface area (Å²) in [5.74, 6) is 0.970. The molecule has 0 saturated heterocycles. The van der Waals surface area contributed by atoms with Crippen molar-refractivity contribution in [2.45, 2.75) is 24.9 Å².